The number of amides is 4. The van der Waals surface area contributed by atoms with Crippen molar-refractivity contribution in [2.24, 2.45) is 7.05 Å². The lowest BCUT2D eigenvalue weighted by Gasteiger charge is -2.18. The van der Waals surface area contributed by atoms with Gasteiger partial charge in [0, 0.05) is 69.9 Å². The Morgan fingerprint density at radius 3 is 2.76 bits per heavy atom. The van der Waals surface area contributed by atoms with Gasteiger partial charge < -0.3 is 19.7 Å². The van der Waals surface area contributed by atoms with Crippen LogP contribution in [0.1, 0.15) is 0 Å². The molecule has 0 spiro atoms. The highest BCUT2D eigenvalue weighted by Crippen LogP contribution is 2.31. The van der Waals surface area contributed by atoms with Gasteiger partial charge in [-0.2, -0.15) is 5.10 Å². The molecule has 3 heterocycles. The average Bonchev–Trinajstić information content (AvgIpc) is 3.41. The zero-order chi connectivity index (χ0) is 24.2. The third kappa shape index (κ3) is 4.96. The Kier molecular flexibility index (Phi) is 6.68. The van der Waals surface area contributed by atoms with E-state index in [2.05, 4.69) is 15.4 Å². The Morgan fingerprint density at radius 2 is 2.03 bits per heavy atom. The zero-order valence-electron chi connectivity index (χ0n) is 18.5. The minimum atomic E-state index is -0.922. The Hall–Kier alpha value is -4.06. The van der Waals surface area contributed by atoms with Crippen LogP contribution in [0.15, 0.2) is 42.9 Å². The number of hydrogen-bond acceptors (Lipinski definition) is 6. The molecule has 4 amide bonds. The Labute approximate surface area is 193 Å². The highest BCUT2D eigenvalue weighted by molar-refractivity contribution is 6.01. The van der Waals surface area contributed by atoms with Crippen LogP contribution in [0.4, 0.5) is 24.1 Å². The fourth-order valence-corrected chi connectivity index (χ4v) is 3.38. The van der Waals surface area contributed by atoms with Gasteiger partial charge in [0.2, 0.25) is 0 Å². The number of aryl methyl sites for hydroxylation is 1. The van der Waals surface area contributed by atoms with Crippen LogP contribution in [0.25, 0.3) is 11.3 Å². The molecule has 0 unspecified atom stereocenters. The molecule has 0 atom stereocenters. The van der Waals surface area contributed by atoms with Gasteiger partial charge in [0.15, 0.2) is 17.4 Å². The number of benzene rings is 1. The van der Waals surface area contributed by atoms with E-state index >= 15 is 0 Å². The minimum absolute atomic E-state index is 0.126. The Bertz CT molecular complexity index is 1220. The molecule has 2 aromatic heterocycles. The smallest absolute Gasteiger partial charge is 0.330 e. The number of anilines is 1. The van der Waals surface area contributed by atoms with E-state index in [1.165, 1.54) is 24.3 Å². The first-order valence-corrected chi connectivity index (χ1v) is 10.3. The third-order valence-electron chi connectivity index (χ3n) is 5.13. The van der Waals surface area contributed by atoms with Gasteiger partial charge in [0.25, 0.3) is 0 Å². The standard InChI is InChI=1S/C22H22F2N6O4/c1-28-13-14(12-26-28)18-9-15(3-4-25-18)34-20-11-16(23)19(10-17(20)24)27-21(31)30-6-5-29(22(30)32)7-8-33-2/h3-4,9-13H,5-8H2,1-2H3,(H,27,31). The second-order valence-electron chi connectivity index (χ2n) is 7.49. The minimum Gasteiger partial charge on any atom is -0.454 e. The average molecular weight is 472 g/mol. The van der Waals surface area contributed by atoms with Crippen molar-refractivity contribution in [1.29, 1.82) is 0 Å². The van der Waals surface area contributed by atoms with E-state index in [4.69, 9.17) is 9.47 Å². The van der Waals surface area contributed by atoms with Crippen LogP contribution in [-0.4, -0.2) is 70.0 Å². The number of nitrogens with one attached hydrogen (secondary N) is 1. The predicted octanol–water partition coefficient (Wildman–Crippen LogP) is 3.47. The molecule has 1 aromatic carbocycles. The van der Waals surface area contributed by atoms with E-state index in [0.29, 0.717) is 25.4 Å². The lowest BCUT2D eigenvalue weighted by atomic mass is 10.2. The number of rotatable bonds is 7. The van der Waals surface area contributed by atoms with Crippen LogP contribution in [0.2, 0.25) is 0 Å². The molecule has 0 radical (unpaired) electrons. The molecule has 1 saturated heterocycles. The number of nitrogens with zero attached hydrogens (tertiary/aromatic N) is 5. The molecule has 178 valence electrons. The fourth-order valence-electron chi connectivity index (χ4n) is 3.38. The zero-order valence-corrected chi connectivity index (χ0v) is 18.5. The Balaban J connectivity index is 1.45. The van der Waals surface area contributed by atoms with E-state index in [-0.39, 0.29) is 18.0 Å². The van der Waals surface area contributed by atoms with E-state index in [1.807, 2.05) is 0 Å². The summed E-state index contributed by atoms with van der Waals surface area (Å²) in [5.41, 5.74) is 0.865. The van der Waals surface area contributed by atoms with Crippen molar-refractivity contribution in [3.63, 3.8) is 0 Å². The molecule has 1 aliphatic heterocycles. The van der Waals surface area contributed by atoms with Gasteiger partial charge in [-0.15, -0.1) is 0 Å². The predicted molar refractivity (Wildman–Crippen MR) is 117 cm³/mol. The number of halogens is 2. The van der Waals surface area contributed by atoms with Crippen molar-refractivity contribution in [1.82, 2.24) is 24.6 Å². The van der Waals surface area contributed by atoms with Gasteiger partial charge in [-0.25, -0.2) is 23.3 Å². The first-order valence-electron chi connectivity index (χ1n) is 10.3. The maximum absolute atomic E-state index is 14.7. The summed E-state index contributed by atoms with van der Waals surface area (Å²) in [5.74, 6) is -1.95. The summed E-state index contributed by atoms with van der Waals surface area (Å²) in [4.78, 5) is 31.4. The van der Waals surface area contributed by atoms with Gasteiger partial charge >= 0.3 is 12.1 Å². The maximum Gasteiger partial charge on any atom is 0.330 e. The largest absolute Gasteiger partial charge is 0.454 e. The SMILES string of the molecule is COCCN1CCN(C(=O)Nc2cc(F)c(Oc3ccnc(-c4cnn(C)c4)c3)cc2F)C1=O. The van der Waals surface area contributed by atoms with Crippen LogP contribution in [0.3, 0.4) is 0 Å². The molecular weight excluding hydrogens is 450 g/mol. The molecule has 1 fully saturated rings. The van der Waals surface area contributed by atoms with E-state index in [9.17, 15) is 18.4 Å². The molecular formula is C22H22F2N6O4. The topological polar surface area (TPSA) is 102 Å². The van der Waals surface area contributed by atoms with Crippen molar-refractivity contribution in [2.45, 2.75) is 0 Å². The number of pyridine rings is 1. The molecule has 0 bridgehead atoms. The van der Waals surface area contributed by atoms with Crippen molar-refractivity contribution in [3.05, 3.63) is 54.5 Å². The summed E-state index contributed by atoms with van der Waals surface area (Å²) in [6.07, 6.45) is 4.85. The summed E-state index contributed by atoms with van der Waals surface area (Å²) in [5, 5.41) is 6.32. The number of methoxy groups -OCH3 is 1. The second kappa shape index (κ2) is 9.83. The molecule has 1 N–H and O–H groups in total. The number of hydrogen-bond donors (Lipinski definition) is 1. The van der Waals surface area contributed by atoms with Crippen LogP contribution in [0.5, 0.6) is 11.5 Å². The molecule has 3 aromatic rings. The summed E-state index contributed by atoms with van der Waals surface area (Å²) in [6.45, 7) is 1.10. The van der Waals surface area contributed by atoms with Crippen LogP contribution >= 0.6 is 0 Å². The molecule has 10 nitrogen and oxygen atoms in total. The summed E-state index contributed by atoms with van der Waals surface area (Å²) in [7, 11) is 3.27. The highest BCUT2D eigenvalue weighted by atomic mass is 19.1. The van der Waals surface area contributed by atoms with Gasteiger partial charge in [-0.1, -0.05) is 0 Å². The first-order chi connectivity index (χ1) is 16.4. The highest BCUT2D eigenvalue weighted by Gasteiger charge is 2.33. The van der Waals surface area contributed by atoms with E-state index in [1.54, 1.807) is 30.2 Å². The number of aromatic nitrogens is 3. The number of ether oxygens (including phenoxy) is 2. The Morgan fingerprint density at radius 1 is 1.21 bits per heavy atom. The molecule has 4 rings (SSSR count). The number of imide groups is 1. The molecule has 0 aliphatic carbocycles. The fraction of sp³-hybridized carbons (Fsp3) is 0.273. The van der Waals surface area contributed by atoms with Gasteiger partial charge in [-0.3, -0.25) is 9.67 Å². The summed E-state index contributed by atoms with van der Waals surface area (Å²) >= 11 is 0. The van der Waals surface area contributed by atoms with Gasteiger partial charge in [0.05, 0.1) is 24.2 Å². The molecule has 34 heavy (non-hydrogen) atoms. The number of urea groups is 2. The number of carbonyl (C=O) groups excluding carboxylic acids is 2. The summed E-state index contributed by atoms with van der Waals surface area (Å²) < 4.78 is 41.4. The first kappa shape index (κ1) is 23.1. The second-order valence-corrected chi connectivity index (χ2v) is 7.49. The van der Waals surface area contributed by atoms with Crippen molar-refractivity contribution in [3.8, 4) is 22.8 Å². The normalized spacial score (nSPS) is 13.5. The van der Waals surface area contributed by atoms with Crippen LogP contribution in [0, 0.1) is 11.6 Å². The lowest BCUT2D eigenvalue weighted by molar-refractivity contribution is 0.156. The summed E-state index contributed by atoms with van der Waals surface area (Å²) in [6, 6.07) is 3.31. The van der Waals surface area contributed by atoms with Crippen molar-refractivity contribution in [2.75, 3.05) is 38.7 Å². The number of carbonyl (C=O) groups is 2. The lowest BCUT2D eigenvalue weighted by Crippen LogP contribution is -2.39. The quantitative estimate of drug-likeness (QED) is 0.565. The van der Waals surface area contributed by atoms with E-state index in [0.717, 1.165) is 22.6 Å². The van der Waals surface area contributed by atoms with Gasteiger partial charge in [0.1, 0.15) is 5.75 Å². The van der Waals surface area contributed by atoms with Crippen molar-refractivity contribution < 1.29 is 27.8 Å². The molecule has 12 heteroatoms. The maximum atomic E-state index is 14.7. The van der Waals surface area contributed by atoms with Gasteiger partial charge in [-0.05, 0) is 6.07 Å². The van der Waals surface area contributed by atoms with Crippen LogP contribution in [-0.2, 0) is 11.8 Å². The third-order valence-corrected chi connectivity index (χ3v) is 5.13. The monoisotopic (exact) mass is 472 g/mol. The van der Waals surface area contributed by atoms with Crippen LogP contribution < -0.4 is 10.1 Å². The van der Waals surface area contributed by atoms with Crippen molar-refractivity contribution >= 4 is 17.7 Å². The molecule has 0 saturated carbocycles. The van der Waals surface area contributed by atoms with E-state index < -0.39 is 29.4 Å². The molecule has 1 aliphatic rings.